The van der Waals surface area contributed by atoms with Crippen LogP contribution in [0, 0.1) is 13.8 Å². The standard InChI is InChI=1S/C40H34N4O3S2/c1-25-19-21-29(22-20-25)36-26(2)49-40(43-36)44-37(45)27(3)48-33-17-10-16-32(24-33)41-39(47)35(42-38(46)30-12-5-4-6-13-30)23-31-15-9-14-28-11-7-8-18-34(28)31/h4-24,27H,1-3H3,(H,41,47)(H,42,46)(H,43,44,45)/b35-23+. The number of anilines is 2. The van der Waals surface area contributed by atoms with Gasteiger partial charge in [-0.15, -0.1) is 23.1 Å². The summed E-state index contributed by atoms with van der Waals surface area (Å²) in [5.41, 5.74) is 4.89. The van der Waals surface area contributed by atoms with Gasteiger partial charge in [-0.1, -0.05) is 96.6 Å². The molecule has 6 aromatic rings. The van der Waals surface area contributed by atoms with E-state index >= 15 is 0 Å². The lowest BCUT2D eigenvalue weighted by atomic mass is 10.0. The second-order valence-electron chi connectivity index (χ2n) is 11.5. The molecule has 9 heteroatoms. The molecule has 7 nitrogen and oxygen atoms in total. The minimum Gasteiger partial charge on any atom is -0.321 e. The van der Waals surface area contributed by atoms with Gasteiger partial charge in [0.2, 0.25) is 5.91 Å². The first kappa shape index (κ1) is 33.4. The highest BCUT2D eigenvalue weighted by Crippen LogP contribution is 2.32. The average molecular weight is 683 g/mol. The van der Waals surface area contributed by atoms with Crippen LogP contribution >= 0.6 is 23.1 Å². The van der Waals surface area contributed by atoms with E-state index in [1.54, 1.807) is 36.4 Å². The smallest absolute Gasteiger partial charge is 0.272 e. The molecule has 0 radical (unpaired) electrons. The Labute approximate surface area is 293 Å². The van der Waals surface area contributed by atoms with Crippen molar-refractivity contribution in [3.05, 3.63) is 149 Å². The van der Waals surface area contributed by atoms with Gasteiger partial charge in [0.1, 0.15) is 5.70 Å². The molecule has 0 saturated carbocycles. The van der Waals surface area contributed by atoms with Crippen molar-refractivity contribution in [2.45, 2.75) is 30.9 Å². The molecule has 0 saturated heterocycles. The fourth-order valence-electron chi connectivity index (χ4n) is 5.21. The quantitative estimate of drug-likeness (QED) is 0.0989. The summed E-state index contributed by atoms with van der Waals surface area (Å²) >= 11 is 2.82. The summed E-state index contributed by atoms with van der Waals surface area (Å²) in [6, 6.07) is 37.9. The normalized spacial score (nSPS) is 11.9. The Kier molecular flexibility index (Phi) is 10.3. The van der Waals surface area contributed by atoms with Crippen LogP contribution in [0.15, 0.2) is 132 Å². The molecule has 3 N–H and O–H groups in total. The SMILES string of the molecule is Cc1ccc(-c2nc(NC(=O)C(C)Sc3cccc(NC(=O)/C(=C\c4cccc5ccccc45)NC(=O)c4ccccc4)c3)sc2C)cc1. The lowest BCUT2D eigenvalue weighted by Gasteiger charge is -2.14. The van der Waals surface area contributed by atoms with Gasteiger partial charge in [0.25, 0.3) is 11.8 Å². The Morgan fingerprint density at radius 1 is 0.796 bits per heavy atom. The molecule has 0 aliphatic heterocycles. The van der Waals surface area contributed by atoms with Crippen LogP contribution < -0.4 is 16.0 Å². The molecule has 1 unspecified atom stereocenters. The Morgan fingerprint density at radius 2 is 1.51 bits per heavy atom. The van der Waals surface area contributed by atoms with Crippen molar-refractivity contribution in [2.24, 2.45) is 0 Å². The number of fused-ring (bicyclic) bond motifs is 1. The van der Waals surface area contributed by atoms with E-state index in [-0.39, 0.29) is 11.6 Å². The number of thioether (sulfide) groups is 1. The maximum atomic E-state index is 13.7. The van der Waals surface area contributed by atoms with Crippen molar-refractivity contribution in [1.82, 2.24) is 10.3 Å². The Bertz CT molecular complexity index is 2170. The van der Waals surface area contributed by atoms with E-state index in [1.807, 2.05) is 112 Å². The topological polar surface area (TPSA) is 100 Å². The molecule has 0 spiro atoms. The zero-order valence-electron chi connectivity index (χ0n) is 27.2. The fraction of sp³-hybridized carbons (Fsp3) is 0.100. The third kappa shape index (κ3) is 8.32. The van der Waals surface area contributed by atoms with Gasteiger partial charge >= 0.3 is 0 Å². The van der Waals surface area contributed by atoms with Gasteiger partial charge in [-0.3, -0.25) is 14.4 Å². The predicted octanol–water partition coefficient (Wildman–Crippen LogP) is 9.11. The van der Waals surface area contributed by atoms with Crippen molar-refractivity contribution in [2.75, 3.05) is 10.6 Å². The molecule has 5 aromatic carbocycles. The second-order valence-corrected chi connectivity index (χ2v) is 14.1. The number of nitrogens with zero attached hydrogens (tertiary/aromatic N) is 1. The van der Waals surface area contributed by atoms with E-state index < -0.39 is 17.1 Å². The molecule has 0 bridgehead atoms. The molecular formula is C40H34N4O3S2. The molecule has 0 fully saturated rings. The first-order chi connectivity index (χ1) is 23.7. The summed E-state index contributed by atoms with van der Waals surface area (Å²) in [5.74, 6) is -1.05. The molecule has 0 aliphatic carbocycles. The van der Waals surface area contributed by atoms with E-state index in [2.05, 4.69) is 20.9 Å². The number of nitrogens with one attached hydrogen (secondary N) is 3. The zero-order chi connectivity index (χ0) is 34.3. The van der Waals surface area contributed by atoms with Crippen molar-refractivity contribution in [1.29, 1.82) is 0 Å². The van der Waals surface area contributed by atoms with Gasteiger partial charge in [0.05, 0.1) is 10.9 Å². The highest BCUT2D eigenvalue weighted by atomic mass is 32.2. The van der Waals surface area contributed by atoms with E-state index in [9.17, 15) is 14.4 Å². The fourth-order valence-corrected chi connectivity index (χ4v) is 6.98. The number of thiazole rings is 1. The largest absolute Gasteiger partial charge is 0.321 e. The lowest BCUT2D eigenvalue weighted by Crippen LogP contribution is -2.30. The summed E-state index contributed by atoms with van der Waals surface area (Å²) in [6.07, 6.45) is 1.69. The molecule has 49 heavy (non-hydrogen) atoms. The third-order valence-corrected chi connectivity index (χ3v) is 9.76. The molecular weight excluding hydrogens is 649 g/mol. The van der Waals surface area contributed by atoms with E-state index in [4.69, 9.17) is 0 Å². The van der Waals surface area contributed by atoms with Gasteiger partial charge in [-0.05, 0) is 73.5 Å². The summed E-state index contributed by atoms with van der Waals surface area (Å²) in [7, 11) is 0. The van der Waals surface area contributed by atoms with Crippen LogP contribution in [-0.4, -0.2) is 28.0 Å². The van der Waals surface area contributed by atoms with Crippen LogP contribution in [-0.2, 0) is 9.59 Å². The monoisotopic (exact) mass is 682 g/mol. The molecule has 1 atom stereocenters. The number of carbonyl (C=O) groups excluding carboxylic acids is 3. The highest BCUT2D eigenvalue weighted by molar-refractivity contribution is 8.00. The first-order valence-electron chi connectivity index (χ1n) is 15.7. The Balaban J connectivity index is 1.17. The van der Waals surface area contributed by atoms with Gasteiger partial charge in [-0.25, -0.2) is 4.98 Å². The summed E-state index contributed by atoms with van der Waals surface area (Å²) in [6.45, 7) is 5.87. The van der Waals surface area contributed by atoms with Crippen molar-refractivity contribution in [3.8, 4) is 11.3 Å². The van der Waals surface area contributed by atoms with Crippen LogP contribution in [0.25, 0.3) is 28.1 Å². The molecule has 1 heterocycles. The zero-order valence-corrected chi connectivity index (χ0v) is 28.8. The number of hydrogen-bond acceptors (Lipinski definition) is 6. The molecule has 6 rings (SSSR count). The number of aryl methyl sites for hydroxylation is 2. The van der Waals surface area contributed by atoms with E-state index in [0.29, 0.717) is 16.4 Å². The third-order valence-electron chi connectivity index (χ3n) is 7.78. The maximum absolute atomic E-state index is 13.7. The van der Waals surface area contributed by atoms with Crippen LogP contribution in [0.1, 0.15) is 33.3 Å². The van der Waals surface area contributed by atoms with Crippen molar-refractivity contribution in [3.63, 3.8) is 0 Å². The van der Waals surface area contributed by atoms with Crippen LogP contribution in [0.5, 0.6) is 0 Å². The second kappa shape index (κ2) is 15.1. The van der Waals surface area contributed by atoms with Gasteiger partial charge < -0.3 is 16.0 Å². The molecule has 0 aliphatic rings. The number of amides is 3. The molecule has 244 valence electrons. The number of benzene rings is 5. The summed E-state index contributed by atoms with van der Waals surface area (Å²) in [5, 5.41) is 10.8. The molecule has 3 amide bonds. The highest BCUT2D eigenvalue weighted by Gasteiger charge is 2.19. The number of aromatic nitrogens is 1. The van der Waals surface area contributed by atoms with E-state index in [1.165, 1.54) is 28.7 Å². The number of hydrogen-bond donors (Lipinski definition) is 3. The lowest BCUT2D eigenvalue weighted by molar-refractivity contribution is -0.115. The van der Waals surface area contributed by atoms with Crippen LogP contribution in [0.2, 0.25) is 0 Å². The average Bonchev–Trinajstić information content (AvgIpc) is 3.48. The van der Waals surface area contributed by atoms with Crippen LogP contribution in [0.3, 0.4) is 0 Å². The first-order valence-corrected chi connectivity index (χ1v) is 17.4. The van der Waals surface area contributed by atoms with Crippen molar-refractivity contribution >= 4 is 68.5 Å². The number of rotatable bonds is 10. The van der Waals surface area contributed by atoms with Crippen LogP contribution in [0.4, 0.5) is 10.8 Å². The van der Waals surface area contributed by atoms with E-state index in [0.717, 1.165) is 37.4 Å². The minimum atomic E-state index is -0.478. The van der Waals surface area contributed by atoms with Gasteiger partial charge in [0, 0.05) is 26.6 Å². The Morgan fingerprint density at radius 3 is 2.31 bits per heavy atom. The van der Waals surface area contributed by atoms with Crippen molar-refractivity contribution < 1.29 is 14.4 Å². The minimum absolute atomic E-state index is 0.0970. The maximum Gasteiger partial charge on any atom is 0.272 e. The summed E-state index contributed by atoms with van der Waals surface area (Å²) < 4.78 is 0. The molecule has 1 aromatic heterocycles. The van der Waals surface area contributed by atoms with Gasteiger partial charge in [0.15, 0.2) is 5.13 Å². The Hall–Kier alpha value is -5.51. The van der Waals surface area contributed by atoms with Gasteiger partial charge in [-0.2, -0.15) is 0 Å². The number of carbonyl (C=O) groups is 3. The predicted molar refractivity (Wildman–Crippen MR) is 202 cm³/mol. The summed E-state index contributed by atoms with van der Waals surface area (Å²) in [4.78, 5) is 46.6.